The number of hydrogen-bond donors (Lipinski definition) is 0. The van der Waals surface area contributed by atoms with Crippen LogP contribution in [0.4, 0.5) is 0 Å². The molecule has 5 atom stereocenters. The van der Waals surface area contributed by atoms with E-state index in [4.69, 9.17) is 9.69 Å². The zero-order valence-electron chi connectivity index (χ0n) is 16.0. The summed E-state index contributed by atoms with van der Waals surface area (Å²) in [4.78, 5) is 0. The molecule has 0 aromatic heterocycles. The molecular formula is C20H37NOSi. The normalized spacial score (nSPS) is 35.6. The molecule has 2 rings (SSSR count). The molecule has 132 valence electrons. The van der Waals surface area contributed by atoms with Crippen molar-refractivity contribution in [3.8, 4) is 6.07 Å². The van der Waals surface area contributed by atoms with Gasteiger partial charge in [-0.2, -0.15) is 5.26 Å². The van der Waals surface area contributed by atoms with Crippen LogP contribution in [0.3, 0.4) is 0 Å². The SMILES string of the molecule is CC[Si](CC)(CC)O[C@H]1CCC[C@]2(C)C(C(C)CC#N)CCC12. The molecule has 0 heterocycles. The number of nitrogens with zero attached hydrogens (tertiary/aromatic N) is 1. The second-order valence-electron chi connectivity index (χ2n) is 8.43. The van der Waals surface area contributed by atoms with E-state index >= 15 is 0 Å². The fourth-order valence-electron chi connectivity index (χ4n) is 5.84. The summed E-state index contributed by atoms with van der Waals surface area (Å²) < 4.78 is 6.97. The first kappa shape index (κ1) is 19.0. The topological polar surface area (TPSA) is 33.0 Å². The molecule has 0 N–H and O–H groups in total. The summed E-state index contributed by atoms with van der Waals surface area (Å²) in [5, 5.41) is 9.11. The summed E-state index contributed by atoms with van der Waals surface area (Å²) in [6.45, 7) is 11.8. The van der Waals surface area contributed by atoms with Crippen LogP contribution < -0.4 is 0 Å². The second-order valence-corrected chi connectivity index (χ2v) is 13.2. The third-order valence-electron chi connectivity index (χ3n) is 7.57. The molecule has 2 saturated carbocycles. The van der Waals surface area contributed by atoms with Crippen molar-refractivity contribution in [2.24, 2.45) is 23.2 Å². The van der Waals surface area contributed by atoms with E-state index in [1.54, 1.807) is 0 Å². The van der Waals surface area contributed by atoms with E-state index in [1.807, 2.05) is 0 Å². The number of fused-ring (bicyclic) bond motifs is 1. The van der Waals surface area contributed by atoms with Crippen LogP contribution in [0.2, 0.25) is 18.1 Å². The van der Waals surface area contributed by atoms with Gasteiger partial charge in [-0.15, -0.1) is 0 Å². The van der Waals surface area contributed by atoms with E-state index in [2.05, 4.69) is 40.7 Å². The number of rotatable bonds is 7. The van der Waals surface area contributed by atoms with Crippen molar-refractivity contribution in [1.29, 1.82) is 5.26 Å². The molecule has 0 amide bonds. The molecule has 3 heteroatoms. The van der Waals surface area contributed by atoms with Crippen molar-refractivity contribution in [3.63, 3.8) is 0 Å². The van der Waals surface area contributed by atoms with E-state index in [0.717, 1.165) is 18.3 Å². The first-order chi connectivity index (χ1) is 11.0. The van der Waals surface area contributed by atoms with Crippen LogP contribution in [-0.4, -0.2) is 14.4 Å². The van der Waals surface area contributed by atoms with Crippen LogP contribution in [0, 0.1) is 34.5 Å². The van der Waals surface area contributed by atoms with Gasteiger partial charge in [0.25, 0.3) is 0 Å². The molecular weight excluding hydrogens is 298 g/mol. The third-order valence-corrected chi connectivity index (χ3v) is 12.2. The standard InChI is InChI=1S/C20H37NOSi/c1-6-23(7-2,8-3)22-19-10-9-14-20(5)17(11-12-18(19)20)16(4)13-15-21/h16-19H,6-14H2,1-5H3/t16?,17?,18?,19-,20+/m0/s1. The predicted molar refractivity (Wildman–Crippen MR) is 99.6 cm³/mol. The first-order valence-electron chi connectivity index (χ1n) is 10.0. The molecule has 2 aliphatic rings. The first-order valence-corrected chi connectivity index (χ1v) is 12.5. The quantitative estimate of drug-likeness (QED) is 0.523. The molecule has 0 radical (unpaired) electrons. The second kappa shape index (κ2) is 7.70. The largest absolute Gasteiger partial charge is 0.414 e. The summed E-state index contributed by atoms with van der Waals surface area (Å²) in [7, 11) is -1.51. The van der Waals surface area contributed by atoms with Gasteiger partial charge in [-0.3, -0.25) is 0 Å². The van der Waals surface area contributed by atoms with E-state index in [0.29, 0.717) is 17.4 Å². The van der Waals surface area contributed by atoms with Gasteiger partial charge in [-0.05, 0) is 67.0 Å². The maximum atomic E-state index is 9.11. The lowest BCUT2D eigenvalue weighted by Crippen LogP contribution is -2.48. The zero-order chi connectivity index (χ0) is 17.1. The van der Waals surface area contributed by atoms with Gasteiger partial charge in [0.2, 0.25) is 0 Å². The molecule has 23 heavy (non-hydrogen) atoms. The lowest BCUT2D eigenvalue weighted by molar-refractivity contribution is -0.0189. The van der Waals surface area contributed by atoms with Gasteiger partial charge in [-0.25, -0.2) is 0 Å². The van der Waals surface area contributed by atoms with Gasteiger partial charge in [0.1, 0.15) is 0 Å². The fraction of sp³-hybridized carbons (Fsp3) is 0.950. The smallest absolute Gasteiger partial charge is 0.192 e. The monoisotopic (exact) mass is 335 g/mol. The molecule has 2 aliphatic carbocycles. The number of nitriles is 1. The van der Waals surface area contributed by atoms with Crippen LogP contribution in [0.15, 0.2) is 0 Å². The minimum atomic E-state index is -1.51. The molecule has 2 nitrogen and oxygen atoms in total. The molecule has 0 aromatic carbocycles. The Morgan fingerprint density at radius 1 is 1.17 bits per heavy atom. The summed E-state index contributed by atoms with van der Waals surface area (Å²) >= 11 is 0. The Labute approximate surface area is 145 Å². The van der Waals surface area contributed by atoms with Gasteiger partial charge in [0.05, 0.1) is 6.07 Å². The summed E-state index contributed by atoms with van der Waals surface area (Å²) in [5.74, 6) is 2.00. The Kier molecular flexibility index (Phi) is 6.36. The minimum absolute atomic E-state index is 0.411. The van der Waals surface area contributed by atoms with E-state index in [1.165, 1.54) is 50.2 Å². The minimum Gasteiger partial charge on any atom is -0.414 e. The highest BCUT2D eigenvalue weighted by Crippen LogP contribution is 2.59. The molecule has 0 saturated heterocycles. The van der Waals surface area contributed by atoms with Crippen LogP contribution >= 0.6 is 0 Å². The Morgan fingerprint density at radius 2 is 1.83 bits per heavy atom. The fourth-order valence-corrected chi connectivity index (χ4v) is 8.77. The lowest BCUT2D eigenvalue weighted by Gasteiger charge is -2.48. The average Bonchev–Trinajstić information content (AvgIpc) is 2.91. The highest BCUT2D eigenvalue weighted by molar-refractivity contribution is 6.73. The maximum Gasteiger partial charge on any atom is 0.192 e. The Balaban J connectivity index is 2.16. The van der Waals surface area contributed by atoms with Gasteiger partial charge in [-0.1, -0.05) is 41.0 Å². The van der Waals surface area contributed by atoms with Crippen LogP contribution in [-0.2, 0) is 4.43 Å². The van der Waals surface area contributed by atoms with Crippen LogP contribution in [0.25, 0.3) is 0 Å². The van der Waals surface area contributed by atoms with E-state index in [-0.39, 0.29) is 0 Å². The molecule has 0 aliphatic heterocycles. The lowest BCUT2D eigenvalue weighted by atomic mass is 9.61. The highest BCUT2D eigenvalue weighted by atomic mass is 28.4. The maximum absolute atomic E-state index is 9.11. The Morgan fingerprint density at radius 3 is 2.39 bits per heavy atom. The third kappa shape index (κ3) is 3.54. The Hall–Kier alpha value is -0.333. The average molecular weight is 336 g/mol. The zero-order valence-corrected chi connectivity index (χ0v) is 17.0. The van der Waals surface area contributed by atoms with Gasteiger partial charge >= 0.3 is 0 Å². The molecule has 0 bridgehead atoms. The van der Waals surface area contributed by atoms with Crippen molar-refractivity contribution in [3.05, 3.63) is 0 Å². The summed E-state index contributed by atoms with van der Waals surface area (Å²) in [6, 6.07) is 6.18. The highest BCUT2D eigenvalue weighted by Gasteiger charge is 2.53. The summed E-state index contributed by atoms with van der Waals surface area (Å²) in [6.07, 6.45) is 7.78. The van der Waals surface area contributed by atoms with Gasteiger partial charge in [0.15, 0.2) is 8.32 Å². The van der Waals surface area contributed by atoms with Gasteiger partial charge < -0.3 is 4.43 Å². The van der Waals surface area contributed by atoms with Crippen LogP contribution in [0.5, 0.6) is 0 Å². The van der Waals surface area contributed by atoms with Crippen molar-refractivity contribution in [1.82, 2.24) is 0 Å². The predicted octanol–water partition coefficient (Wildman–Crippen LogP) is 6.14. The van der Waals surface area contributed by atoms with E-state index < -0.39 is 8.32 Å². The molecule has 3 unspecified atom stereocenters. The molecule has 0 aromatic rings. The van der Waals surface area contributed by atoms with Crippen LogP contribution in [0.1, 0.15) is 73.1 Å². The van der Waals surface area contributed by atoms with Crippen molar-refractivity contribution >= 4 is 8.32 Å². The summed E-state index contributed by atoms with van der Waals surface area (Å²) in [5.41, 5.74) is 0.411. The molecule has 0 spiro atoms. The number of hydrogen-bond acceptors (Lipinski definition) is 2. The van der Waals surface area contributed by atoms with Crippen molar-refractivity contribution < 1.29 is 4.43 Å². The van der Waals surface area contributed by atoms with Crippen molar-refractivity contribution in [2.45, 2.75) is 97.4 Å². The Bertz CT molecular complexity index is 420. The molecule has 2 fully saturated rings. The van der Waals surface area contributed by atoms with Gasteiger partial charge in [0, 0.05) is 12.5 Å². The van der Waals surface area contributed by atoms with E-state index in [9.17, 15) is 0 Å². The van der Waals surface area contributed by atoms with Crippen molar-refractivity contribution in [2.75, 3.05) is 0 Å².